The van der Waals surface area contributed by atoms with Gasteiger partial charge in [0, 0.05) is 13.1 Å². The van der Waals surface area contributed by atoms with Crippen LogP contribution in [0.15, 0.2) is 36.4 Å². The Bertz CT molecular complexity index is 429. The molecule has 0 radical (unpaired) electrons. The summed E-state index contributed by atoms with van der Waals surface area (Å²) < 4.78 is 0. The molecule has 1 saturated heterocycles. The van der Waals surface area contributed by atoms with Crippen molar-refractivity contribution in [1.82, 2.24) is 4.90 Å². The molecule has 0 aromatic heterocycles. The third kappa shape index (κ3) is 2.50. The van der Waals surface area contributed by atoms with Crippen LogP contribution in [0, 0.1) is 11.3 Å². The molecule has 0 unspecified atom stereocenters. The van der Waals surface area contributed by atoms with Crippen LogP contribution in [0.3, 0.4) is 0 Å². The van der Waals surface area contributed by atoms with Crippen LogP contribution in [-0.4, -0.2) is 18.0 Å². The predicted octanol–water partition coefficient (Wildman–Crippen LogP) is 2.71. The van der Waals surface area contributed by atoms with Crippen LogP contribution in [0.5, 0.6) is 0 Å². The van der Waals surface area contributed by atoms with Crippen LogP contribution in [0.25, 0.3) is 0 Å². The number of hydrogen-bond acceptors (Lipinski definition) is 2. The van der Waals surface area contributed by atoms with Gasteiger partial charge in [-0.1, -0.05) is 30.4 Å². The smallest absolute Gasteiger partial charge is 0.0995 e. The number of benzene rings is 1. The normalized spacial score (nSPS) is 17.1. The number of likely N-dealkylation sites (tertiary alicyclic amines) is 1. The molecular weight excluding hydrogens is 196 g/mol. The van der Waals surface area contributed by atoms with E-state index in [1.54, 1.807) is 0 Å². The van der Waals surface area contributed by atoms with Gasteiger partial charge < -0.3 is 0 Å². The van der Waals surface area contributed by atoms with Crippen LogP contribution >= 0.6 is 0 Å². The van der Waals surface area contributed by atoms with Gasteiger partial charge in [-0.3, -0.25) is 4.90 Å². The second-order valence-corrected chi connectivity index (χ2v) is 4.33. The summed E-state index contributed by atoms with van der Waals surface area (Å²) in [6.07, 6.45) is 2.34. The van der Waals surface area contributed by atoms with E-state index in [4.69, 9.17) is 5.26 Å². The summed E-state index contributed by atoms with van der Waals surface area (Å²) in [5.41, 5.74) is 3.22. The van der Waals surface area contributed by atoms with Crippen molar-refractivity contribution in [2.75, 3.05) is 13.1 Å². The third-order valence-electron chi connectivity index (χ3n) is 2.98. The summed E-state index contributed by atoms with van der Waals surface area (Å²) >= 11 is 0. The lowest BCUT2D eigenvalue weighted by molar-refractivity contribution is 0.258. The number of hydrogen-bond donors (Lipinski definition) is 0. The molecule has 0 bridgehead atoms. The van der Waals surface area contributed by atoms with Crippen molar-refractivity contribution >= 4 is 0 Å². The number of rotatable bonds is 2. The predicted molar refractivity (Wildman–Crippen MR) is 64.8 cm³/mol. The third-order valence-corrected chi connectivity index (χ3v) is 2.98. The quantitative estimate of drug-likeness (QED) is 0.705. The van der Waals surface area contributed by atoms with Gasteiger partial charge >= 0.3 is 0 Å². The fourth-order valence-electron chi connectivity index (χ4n) is 2.17. The lowest BCUT2D eigenvalue weighted by atomic mass is 10.0. The summed E-state index contributed by atoms with van der Waals surface area (Å²) in [5.74, 6) is 0. The van der Waals surface area contributed by atoms with Gasteiger partial charge in [0.1, 0.15) is 0 Å². The molecule has 0 aliphatic carbocycles. The topological polar surface area (TPSA) is 27.0 Å². The van der Waals surface area contributed by atoms with Gasteiger partial charge in [0.25, 0.3) is 0 Å². The van der Waals surface area contributed by atoms with Crippen LogP contribution in [0.4, 0.5) is 0 Å². The molecule has 1 aromatic rings. The van der Waals surface area contributed by atoms with Gasteiger partial charge in [0.2, 0.25) is 0 Å². The number of nitrogens with zero attached hydrogens (tertiary/aromatic N) is 2. The first-order chi connectivity index (χ1) is 7.79. The minimum absolute atomic E-state index is 0.790. The molecule has 0 N–H and O–H groups in total. The van der Waals surface area contributed by atoms with Crippen molar-refractivity contribution in [1.29, 1.82) is 5.26 Å². The molecule has 1 fully saturated rings. The highest BCUT2D eigenvalue weighted by atomic mass is 15.1. The van der Waals surface area contributed by atoms with Crippen molar-refractivity contribution in [2.45, 2.75) is 19.4 Å². The fourth-order valence-corrected chi connectivity index (χ4v) is 2.17. The Morgan fingerprint density at radius 1 is 1.38 bits per heavy atom. The second-order valence-electron chi connectivity index (χ2n) is 4.33. The molecule has 1 aliphatic heterocycles. The SMILES string of the molecule is C=C1CCCN(Cc2ccccc2C#N)C1. The average Bonchev–Trinajstić information content (AvgIpc) is 2.30. The van der Waals surface area contributed by atoms with E-state index in [-0.39, 0.29) is 0 Å². The molecule has 16 heavy (non-hydrogen) atoms. The number of piperidine rings is 1. The molecular formula is C14H16N2. The van der Waals surface area contributed by atoms with E-state index in [0.717, 1.165) is 37.2 Å². The van der Waals surface area contributed by atoms with E-state index >= 15 is 0 Å². The Hall–Kier alpha value is -1.59. The summed E-state index contributed by atoms with van der Waals surface area (Å²) in [4.78, 5) is 2.36. The summed E-state index contributed by atoms with van der Waals surface area (Å²) in [6.45, 7) is 6.99. The molecule has 1 aromatic carbocycles. The van der Waals surface area contributed by atoms with E-state index in [9.17, 15) is 0 Å². The van der Waals surface area contributed by atoms with E-state index in [1.165, 1.54) is 12.0 Å². The molecule has 2 heteroatoms. The average molecular weight is 212 g/mol. The van der Waals surface area contributed by atoms with Crippen LogP contribution in [-0.2, 0) is 6.54 Å². The molecule has 0 saturated carbocycles. The van der Waals surface area contributed by atoms with E-state index in [2.05, 4.69) is 17.5 Å². The lowest BCUT2D eigenvalue weighted by Gasteiger charge is -2.28. The zero-order valence-corrected chi connectivity index (χ0v) is 9.45. The molecule has 2 rings (SSSR count). The van der Waals surface area contributed by atoms with Crippen LogP contribution in [0.2, 0.25) is 0 Å². The van der Waals surface area contributed by atoms with Gasteiger partial charge in [-0.2, -0.15) is 5.26 Å². The standard InChI is InChI=1S/C14H16N2/c1-12-5-4-8-16(10-12)11-14-7-3-2-6-13(14)9-15/h2-3,6-7H,1,4-5,8,10-11H2. The molecule has 0 amide bonds. The van der Waals surface area contributed by atoms with Crippen molar-refractivity contribution in [3.05, 3.63) is 47.5 Å². The summed E-state index contributed by atoms with van der Waals surface area (Å²) in [6, 6.07) is 10.1. The Kier molecular flexibility index (Phi) is 3.38. The highest BCUT2D eigenvalue weighted by Gasteiger charge is 2.14. The maximum absolute atomic E-state index is 9.01. The first kappa shape index (κ1) is 10.9. The Balaban J connectivity index is 2.09. The van der Waals surface area contributed by atoms with Crippen molar-refractivity contribution < 1.29 is 0 Å². The van der Waals surface area contributed by atoms with Gasteiger partial charge in [0.15, 0.2) is 0 Å². The fraction of sp³-hybridized carbons (Fsp3) is 0.357. The highest BCUT2D eigenvalue weighted by Crippen LogP contribution is 2.17. The minimum Gasteiger partial charge on any atom is -0.295 e. The Morgan fingerprint density at radius 2 is 2.19 bits per heavy atom. The molecule has 1 aliphatic rings. The first-order valence-corrected chi connectivity index (χ1v) is 5.66. The van der Waals surface area contributed by atoms with E-state index in [0.29, 0.717) is 0 Å². The van der Waals surface area contributed by atoms with Crippen LogP contribution < -0.4 is 0 Å². The number of nitriles is 1. The van der Waals surface area contributed by atoms with Gasteiger partial charge in [-0.05, 0) is 31.0 Å². The minimum atomic E-state index is 0.790. The lowest BCUT2D eigenvalue weighted by Crippen LogP contribution is -2.30. The zero-order chi connectivity index (χ0) is 11.4. The molecule has 82 valence electrons. The second kappa shape index (κ2) is 4.96. The Morgan fingerprint density at radius 3 is 2.94 bits per heavy atom. The van der Waals surface area contributed by atoms with Crippen molar-refractivity contribution in [2.24, 2.45) is 0 Å². The summed E-state index contributed by atoms with van der Waals surface area (Å²) in [7, 11) is 0. The molecule has 0 spiro atoms. The molecule has 1 heterocycles. The van der Waals surface area contributed by atoms with E-state index < -0.39 is 0 Å². The highest BCUT2D eigenvalue weighted by molar-refractivity contribution is 5.37. The van der Waals surface area contributed by atoms with Gasteiger partial charge in [-0.25, -0.2) is 0 Å². The first-order valence-electron chi connectivity index (χ1n) is 5.66. The molecule has 2 nitrogen and oxygen atoms in total. The van der Waals surface area contributed by atoms with Crippen molar-refractivity contribution in [3.8, 4) is 6.07 Å². The van der Waals surface area contributed by atoms with Gasteiger partial charge in [0.05, 0.1) is 11.6 Å². The van der Waals surface area contributed by atoms with Gasteiger partial charge in [-0.15, -0.1) is 0 Å². The van der Waals surface area contributed by atoms with E-state index in [1.807, 2.05) is 24.3 Å². The zero-order valence-electron chi connectivity index (χ0n) is 9.45. The Labute approximate surface area is 96.8 Å². The maximum atomic E-state index is 9.01. The monoisotopic (exact) mass is 212 g/mol. The summed E-state index contributed by atoms with van der Waals surface area (Å²) in [5, 5.41) is 9.01. The molecule has 0 atom stereocenters. The van der Waals surface area contributed by atoms with Crippen molar-refractivity contribution in [3.63, 3.8) is 0 Å². The largest absolute Gasteiger partial charge is 0.295 e. The van der Waals surface area contributed by atoms with Crippen LogP contribution in [0.1, 0.15) is 24.0 Å². The maximum Gasteiger partial charge on any atom is 0.0995 e.